The minimum atomic E-state index is -4.11. The van der Waals surface area contributed by atoms with Crippen LogP contribution in [-0.4, -0.2) is 30.0 Å². The van der Waals surface area contributed by atoms with Crippen molar-refractivity contribution in [2.24, 2.45) is 0 Å². The molecule has 2 N–H and O–H groups in total. The van der Waals surface area contributed by atoms with Crippen LogP contribution in [0.5, 0.6) is 0 Å². The monoisotopic (exact) mass is 225 g/mol. The number of halogens is 3. The number of alkyl halides is 3. The van der Waals surface area contributed by atoms with Crippen LogP contribution < -0.4 is 5.32 Å². The molecule has 2 unspecified atom stereocenters. The molecule has 1 saturated carbocycles. The van der Waals surface area contributed by atoms with E-state index in [4.69, 9.17) is 0 Å². The lowest BCUT2D eigenvalue weighted by atomic mass is 10.1. The molecule has 0 radical (unpaired) electrons. The molecule has 0 bridgehead atoms. The van der Waals surface area contributed by atoms with E-state index in [1.54, 1.807) is 0 Å². The van der Waals surface area contributed by atoms with Gasteiger partial charge in [0.25, 0.3) is 0 Å². The molecule has 90 valence electrons. The Morgan fingerprint density at radius 1 is 1.13 bits per heavy atom. The Kier molecular flexibility index (Phi) is 4.86. The molecule has 2 nitrogen and oxygen atoms in total. The topological polar surface area (TPSA) is 32.3 Å². The third kappa shape index (κ3) is 5.37. The van der Waals surface area contributed by atoms with Crippen LogP contribution in [0.3, 0.4) is 0 Å². The molecule has 0 saturated heterocycles. The zero-order valence-corrected chi connectivity index (χ0v) is 8.69. The Balaban J connectivity index is 2.23. The predicted octanol–water partition coefficient (Wildman–Crippen LogP) is 2.22. The highest BCUT2D eigenvalue weighted by molar-refractivity contribution is 4.79. The van der Waals surface area contributed by atoms with E-state index in [1.165, 1.54) is 0 Å². The highest BCUT2D eigenvalue weighted by Gasteiger charge is 2.28. The maximum absolute atomic E-state index is 11.9. The summed E-state index contributed by atoms with van der Waals surface area (Å²) >= 11 is 0. The van der Waals surface area contributed by atoms with Crippen molar-refractivity contribution in [1.29, 1.82) is 0 Å². The van der Waals surface area contributed by atoms with Crippen LogP contribution in [0.2, 0.25) is 0 Å². The molecule has 1 aliphatic carbocycles. The average Bonchev–Trinajstić information content (AvgIpc) is 2.30. The summed E-state index contributed by atoms with van der Waals surface area (Å²) in [6.07, 6.45) is -0.920. The van der Waals surface area contributed by atoms with E-state index in [-0.39, 0.29) is 12.6 Å². The number of aliphatic hydroxyl groups excluding tert-OH is 1. The van der Waals surface area contributed by atoms with Crippen LogP contribution in [0.25, 0.3) is 0 Å². The summed E-state index contributed by atoms with van der Waals surface area (Å²) in [5.41, 5.74) is 0. The second-order valence-electron chi connectivity index (χ2n) is 4.13. The Morgan fingerprint density at radius 3 is 2.47 bits per heavy atom. The normalized spacial score (nSPS) is 28.8. The molecule has 0 aliphatic heterocycles. The quantitative estimate of drug-likeness (QED) is 0.722. The number of nitrogens with one attached hydrogen (secondary N) is 1. The van der Waals surface area contributed by atoms with Crippen molar-refractivity contribution in [3.8, 4) is 0 Å². The number of hydrogen-bond acceptors (Lipinski definition) is 2. The zero-order chi connectivity index (χ0) is 11.3. The van der Waals surface area contributed by atoms with Crippen molar-refractivity contribution in [2.75, 3.05) is 6.54 Å². The fourth-order valence-corrected chi connectivity index (χ4v) is 1.93. The summed E-state index contributed by atoms with van der Waals surface area (Å²) in [5.74, 6) is 0. The van der Waals surface area contributed by atoms with Crippen molar-refractivity contribution < 1.29 is 18.3 Å². The van der Waals surface area contributed by atoms with Gasteiger partial charge in [-0.05, 0) is 12.8 Å². The molecule has 1 aliphatic rings. The van der Waals surface area contributed by atoms with Crippen LogP contribution in [0.4, 0.5) is 13.2 Å². The second kappa shape index (κ2) is 5.70. The molecule has 15 heavy (non-hydrogen) atoms. The first-order valence-electron chi connectivity index (χ1n) is 5.47. The lowest BCUT2D eigenvalue weighted by molar-refractivity contribution is -0.134. The minimum absolute atomic E-state index is 0.0920. The van der Waals surface area contributed by atoms with E-state index in [0.29, 0.717) is 6.42 Å². The van der Waals surface area contributed by atoms with Gasteiger partial charge in [-0.25, -0.2) is 0 Å². The SMILES string of the molecule is OC1CCCCCC1NCCC(F)(F)F. The van der Waals surface area contributed by atoms with E-state index in [1.807, 2.05) is 0 Å². The van der Waals surface area contributed by atoms with Crippen molar-refractivity contribution in [3.05, 3.63) is 0 Å². The highest BCUT2D eigenvalue weighted by atomic mass is 19.4. The number of aliphatic hydroxyl groups is 1. The highest BCUT2D eigenvalue weighted by Crippen LogP contribution is 2.20. The fraction of sp³-hybridized carbons (Fsp3) is 1.00. The molecule has 5 heteroatoms. The Hall–Kier alpha value is -0.290. The smallest absolute Gasteiger partial charge is 0.390 e. The van der Waals surface area contributed by atoms with Gasteiger partial charge in [0.15, 0.2) is 0 Å². The van der Waals surface area contributed by atoms with E-state index in [2.05, 4.69) is 5.32 Å². The van der Waals surface area contributed by atoms with Crippen LogP contribution in [-0.2, 0) is 0 Å². The van der Waals surface area contributed by atoms with Gasteiger partial charge in [0, 0.05) is 12.6 Å². The van der Waals surface area contributed by atoms with Crippen LogP contribution in [0.1, 0.15) is 38.5 Å². The van der Waals surface area contributed by atoms with Gasteiger partial charge in [0.05, 0.1) is 12.5 Å². The molecule has 1 fully saturated rings. The van der Waals surface area contributed by atoms with Crippen molar-refractivity contribution in [1.82, 2.24) is 5.32 Å². The average molecular weight is 225 g/mol. The van der Waals surface area contributed by atoms with Gasteiger partial charge >= 0.3 is 6.18 Å². The maximum Gasteiger partial charge on any atom is 0.390 e. The Labute approximate surface area is 87.9 Å². The van der Waals surface area contributed by atoms with Crippen LogP contribution >= 0.6 is 0 Å². The summed E-state index contributed by atoms with van der Waals surface area (Å²) in [4.78, 5) is 0. The predicted molar refractivity (Wildman–Crippen MR) is 51.6 cm³/mol. The summed E-state index contributed by atoms with van der Waals surface area (Å²) in [7, 11) is 0. The molecule has 0 amide bonds. The molecule has 1 rings (SSSR count). The summed E-state index contributed by atoms with van der Waals surface area (Å²) in [5, 5.41) is 12.4. The maximum atomic E-state index is 11.9. The van der Waals surface area contributed by atoms with Gasteiger partial charge < -0.3 is 10.4 Å². The second-order valence-corrected chi connectivity index (χ2v) is 4.13. The van der Waals surface area contributed by atoms with Gasteiger partial charge in [0.2, 0.25) is 0 Å². The van der Waals surface area contributed by atoms with Crippen LogP contribution in [0, 0.1) is 0 Å². The molecule has 0 heterocycles. The van der Waals surface area contributed by atoms with Gasteiger partial charge in [-0.15, -0.1) is 0 Å². The lowest BCUT2D eigenvalue weighted by Crippen LogP contribution is -2.40. The molecule has 0 aromatic rings. The lowest BCUT2D eigenvalue weighted by Gasteiger charge is -2.22. The number of hydrogen-bond donors (Lipinski definition) is 2. The molecule has 0 aromatic heterocycles. The molecule has 2 atom stereocenters. The van der Waals surface area contributed by atoms with Crippen molar-refractivity contribution >= 4 is 0 Å². The third-order valence-electron chi connectivity index (χ3n) is 2.79. The largest absolute Gasteiger partial charge is 0.392 e. The van der Waals surface area contributed by atoms with Crippen molar-refractivity contribution in [2.45, 2.75) is 56.8 Å². The van der Waals surface area contributed by atoms with Crippen molar-refractivity contribution in [3.63, 3.8) is 0 Å². The molecular weight excluding hydrogens is 207 g/mol. The first-order chi connectivity index (χ1) is 6.99. The van der Waals surface area contributed by atoms with Crippen LogP contribution in [0.15, 0.2) is 0 Å². The third-order valence-corrected chi connectivity index (χ3v) is 2.79. The Bertz CT molecular complexity index is 184. The summed E-state index contributed by atoms with van der Waals surface area (Å²) in [6.45, 7) is -0.0920. The Morgan fingerprint density at radius 2 is 1.80 bits per heavy atom. The molecule has 0 aromatic carbocycles. The summed E-state index contributed by atoms with van der Waals surface area (Å²) in [6, 6.07) is -0.158. The van der Waals surface area contributed by atoms with E-state index >= 15 is 0 Å². The fourth-order valence-electron chi connectivity index (χ4n) is 1.93. The van der Waals surface area contributed by atoms with Gasteiger partial charge in [-0.1, -0.05) is 19.3 Å². The van der Waals surface area contributed by atoms with Gasteiger partial charge in [0.1, 0.15) is 0 Å². The van der Waals surface area contributed by atoms with E-state index in [0.717, 1.165) is 25.7 Å². The molecule has 0 spiro atoms. The standard InChI is InChI=1S/C10H18F3NO/c11-10(12,13)6-7-14-8-4-2-1-3-5-9(8)15/h8-9,14-15H,1-7H2. The van der Waals surface area contributed by atoms with E-state index < -0.39 is 18.7 Å². The van der Waals surface area contributed by atoms with E-state index in [9.17, 15) is 18.3 Å². The first-order valence-corrected chi connectivity index (χ1v) is 5.47. The summed E-state index contributed by atoms with van der Waals surface area (Å²) < 4.78 is 35.7. The number of rotatable bonds is 3. The first kappa shape index (κ1) is 12.8. The minimum Gasteiger partial charge on any atom is -0.392 e. The van der Waals surface area contributed by atoms with Gasteiger partial charge in [-0.3, -0.25) is 0 Å². The molecular formula is C10H18F3NO. The zero-order valence-electron chi connectivity index (χ0n) is 8.69. The van der Waals surface area contributed by atoms with Gasteiger partial charge in [-0.2, -0.15) is 13.2 Å².